The summed E-state index contributed by atoms with van der Waals surface area (Å²) in [6, 6.07) is 3.26. The van der Waals surface area contributed by atoms with Crippen LogP contribution in [-0.4, -0.2) is 57.1 Å². The number of pyridine rings is 1. The zero-order valence-electron chi connectivity index (χ0n) is 20.5. The molecular weight excluding hydrogens is 467 g/mol. The molecule has 2 N–H and O–H groups in total. The van der Waals surface area contributed by atoms with Crippen LogP contribution in [0.3, 0.4) is 0 Å². The molecule has 3 aromatic heterocycles. The van der Waals surface area contributed by atoms with Gasteiger partial charge in [-0.2, -0.15) is 13.2 Å². The minimum atomic E-state index is -4.42. The Kier molecular flexibility index (Phi) is 6.87. The van der Waals surface area contributed by atoms with E-state index in [2.05, 4.69) is 42.3 Å². The average Bonchev–Trinajstić information content (AvgIpc) is 3.27. The number of nitrogen functional groups attached to an aromatic ring is 1. The number of nitrogens with two attached hydrogens (primary N) is 1. The van der Waals surface area contributed by atoms with E-state index >= 15 is 0 Å². The third kappa shape index (κ3) is 5.04. The summed E-state index contributed by atoms with van der Waals surface area (Å²) in [5.74, 6) is 1.76. The summed E-state index contributed by atoms with van der Waals surface area (Å²) in [4.78, 5) is 17.2. The fourth-order valence-corrected chi connectivity index (χ4v) is 5.25. The van der Waals surface area contributed by atoms with Crippen LogP contribution >= 0.6 is 0 Å². The second kappa shape index (κ2) is 10.1. The van der Waals surface area contributed by atoms with Crippen molar-refractivity contribution >= 4 is 11.6 Å². The predicted octanol–water partition coefficient (Wildman–Crippen LogP) is 4.59. The average molecular weight is 500 g/mol. The number of hydrogen-bond acceptors (Lipinski definition) is 6. The van der Waals surface area contributed by atoms with E-state index in [1.165, 1.54) is 30.7 Å². The van der Waals surface area contributed by atoms with Crippen molar-refractivity contribution in [2.75, 3.05) is 43.4 Å². The molecule has 0 spiro atoms. The van der Waals surface area contributed by atoms with E-state index in [0.29, 0.717) is 17.3 Å². The molecule has 2 saturated heterocycles. The topological polar surface area (TPSA) is 76.1 Å². The third-order valence-corrected chi connectivity index (χ3v) is 7.46. The molecule has 0 radical (unpaired) electrons. The molecule has 0 atom stereocenters. The second-order valence-corrected chi connectivity index (χ2v) is 9.68. The zero-order chi connectivity index (χ0) is 25.3. The van der Waals surface area contributed by atoms with Gasteiger partial charge in [-0.1, -0.05) is 6.92 Å². The van der Waals surface area contributed by atoms with Crippen LogP contribution < -0.4 is 10.6 Å². The smallest absolute Gasteiger partial charge is 0.383 e. The number of hydrogen-bond donors (Lipinski definition) is 1. The fraction of sp³-hybridized carbons (Fsp3) is 0.500. The van der Waals surface area contributed by atoms with Crippen molar-refractivity contribution in [2.45, 2.75) is 51.2 Å². The van der Waals surface area contributed by atoms with Gasteiger partial charge in [0.2, 0.25) is 0 Å². The van der Waals surface area contributed by atoms with Crippen molar-refractivity contribution in [3.63, 3.8) is 0 Å². The second-order valence-electron chi connectivity index (χ2n) is 9.68. The van der Waals surface area contributed by atoms with Crippen LogP contribution in [0.25, 0.3) is 11.1 Å². The monoisotopic (exact) mass is 499 g/mol. The van der Waals surface area contributed by atoms with Crippen LogP contribution in [0.5, 0.6) is 0 Å². The summed E-state index contributed by atoms with van der Waals surface area (Å²) >= 11 is 0. The van der Waals surface area contributed by atoms with Crippen LogP contribution in [-0.2, 0) is 19.1 Å². The Balaban J connectivity index is 1.38. The Hall–Kier alpha value is -3.14. The van der Waals surface area contributed by atoms with Crippen LogP contribution in [0, 0.1) is 0 Å². The highest BCUT2D eigenvalue weighted by Gasteiger charge is 2.32. The lowest BCUT2D eigenvalue weighted by Crippen LogP contribution is -2.39. The molecule has 36 heavy (non-hydrogen) atoms. The molecule has 0 bridgehead atoms. The van der Waals surface area contributed by atoms with Crippen molar-refractivity contribution in [3.8, 4) is 11.1 Å². The van der Waals surface area contributed by atoms with Gasteiger partial charge in [-0.25, -0.2) is 9.97 Å². The van der Waals surface area contributed by atoms with E-state index in [-0.39, 0.29) is 0 Å². The van der Waals surface area contributed by atoms with Crippen molar-refractivity contribution < 1.29 is 13.2 Å². The van der Waals surface area contributed by atoms with E-state index in [9.17, 15) is 13.2 Å². The summed E-state index contributed by atoms with van der Waals surface area (Å²) in [5, 5.41) is 0. The van der Waals surface area contributed by atoms with Crippen molar-refractivity contribution in [3.05, 3.63) is 53.9 Å². The standard InChI is InChI=1S/C26H32F3N7/c1-2-22-24(30)32-17-33-25(22)35-8-4-18(5-9-35)23-13-20(16-36(23)11-10-34-6-3-7-34)19-12-21(15-31-14-19)26(27,28)29/h12-18H,2-11H2,1H3,(H2,30,32,33). The lowest BCUT2D eigenvalue weighted by atomic mass is 9.92. The zero-order valence-corrected chi connectivity index (χ0v) is 20.5. The minimum Gasteiger partial charge on any atom is -0.383 e. The first-order valence-corrected chi connectivity index (χ1v) is 12.6. The van der Waals surface area contributed by atoms with Gasteiger partial charge < -0.3 is 20.1 Å². The Bertz CT molecular complexity index is 1190. The van der Waals surface area contributed by atoms with E-state index < -0.39 is 11.7 Å². The first kappa shape index (κ1) is 24.5. The Morgan fingerprint density at radius 2 is 1.78 bits per heavy atom. The first-order valence-electron chi connectivity index (χ1n) is 12.6. The number of nitrogens with zero attached hydrogens (tertiary/aromatic N) is 6. The van der Waals surface area contributed by atoms with Crippen LogP contribution in [0.4, 0.5) is 24.8 Å². The number of rotatable bonds is 7. The molecule has 7 nitrogen and oxygen atoms in total. The SMILES string of the molecule is CCc1c(N)ncnc1N1CCC(c2cc(-c3cncc(C(F)(F)F)c3)cn2CCN2CCC2)CC1. The molecule has 0 aliphatic carbocycles. The number of likely N-dealkylation sites (tertiary alicyclic amines) is 1. The Morgan fingerprint density at radius 3 is 2.44 bits per heavy atom. The molecule has 2 fully saturated rings. The van der Waals surface area contributed by atoms with Crippen LogP contribution in [0.2, 0.25) is 0 Å². The number of alkyl halides is 3. The van der Waals surface area contributed by atoms with Crippen LogP contribution in [0.1, 0.15) is 48.9 Å². The van der Waals surface area contributed by atoms with Gasteiger partial charge in [0, 0.05) is 73.1 Å². The van der Waals surface area contributed by atoms with E-state index in [0.717, 1.165) is 81.7 Å². The summed E-state index contributed by atoms with van der Waals surface area (Å²) in [6.45, 7) is 7.73. The summed E-state index contributed by atoms with van der Waals surface area (Å²) in [5.41, 5.74) is 8.80. The maximum Gasteiger partial charge on any atom is 0.417 e. The molecular formula is C26H32F3N7. The third-order valence-electron chi connectivity index (χ3n) is 7.46. The largest absolute Gasteiger partial charge is 0.417 e. The number of halogens is 3. The molecule has 0 amide bonds. The van der Waals surface area contributed by atoms with Gasteiger partial charge in [-0.15, -0.1) is 0 Å². The van der Waals surface area contributed by atoms with Crippen molar-refractivity contribution in [2.24, 2.45) is 0 Å². The Labute approximate surface area is 209 Å². The quantitative estimate of drug-likeness (QED) is 0.512. The molecule has 2 aliphatic heterocycles. The highest BCUT2D eigenvalue weighted by atomic mass is 19.4. The molecule has 5 heterocycles. The number of piperidine rings is 1. The number of anilines is 2. The van der Waals surface area contributed by atoms with Crippen molar-refractivity contribution in [1.29, 1.82) is 0 Å². The van der Waals surface area contributed by atoms with Crippen LogP contribution in [0.15, 0.2) is 37.1 Å². The summed E-state index contributed by atoms with van der Waals surface area (Å²) in [6.07, 6.45) is 5.36. The van der Waals surface area contributed by atoms with E-state index in [4.69, 9.17) is 5.73 Å². The maximum atomic E-state index is 13.3. The van der Waals surface area contributed by atoms with Gasteiger partial charge in [0.25, 0.3) is 0 Å². The predicted molar refractivity (Wildman–Crippen MR) is 134 cm³/mol. The molecule has 3 aromatic rings. The summed E-state index contributed by atoms with van der Waals surface area (Å²) < 4.78 is 42.1. The van der Waals surface area contributed by atoms with Gasteiger partial charge in [0.05, 0.1) is 5.56 Å². The number of aromatic nitrogens is 4. The molecule has 5 rings (SSSR count). The highest BCUT2D eigenvalue weighted by Crippen LogP contribution is 2.36. The van der Waals surface area contributed by atoms with E-state index in [1.54, 1.807) is 0 Å². The first-order chi connectivity index (χ1) is 17.3. The molecule has 0 aromatic carbocycles. The van der Waals surface area contributed by atoms with Gasteiger partial charge in [-0.05, 0) is 50.9 Å². The molecule has 192 valence electrons. The minimum absolute atomic E-state index is 0.314. The molecule has 2 aliphatic rings. The van der Waals surface area contributed by atoms with E-state index in [1.807, 2.05) is 6.20 Å². The molecule has 0 unspecified atom stereocenters. The van der Waals surface area contributed by atoms with Gasteiger partial charge in [-0.3, -0.25) is 4.98 Å². The van der Waals surface area contributed by atoms with Gasteiger partial charge in [0.15, 0.2) is 0 Å². The van der Waals surface area contributed by atoms with Crippen molar-refractivity contribution in [1.82, 2.24) is 24.4 Å². The molecule has 0 saturated carbocycles. The highest BCUT2D eigenvalue weighted by molar-refractivity contribution is 5.64. The summed E-state index contributed by atoms with van der Waals surface area (Å²) in [7, 11) is 0. The van der Waals surface area contributed by atoms with Gasteiger partial charge in [0.1, 0.15) is 18.0 Å². The maximum absolute atomic E-state index is 13.3. The lowest BCUT2D eigenvalue weighted by Gasteiger charge is -2.35. The fourth-order valence-electron chi connectivity index (χ4n) is 5.25. The Morgan fingerprint density at radius 1 is 1.00 bits per heavy atom. The molecule has 10 heteroatoms. The lowest BCUT2D eigenvalue weighted by molar-refractivity contribution is -0.137. The normalized spacial score (nSPS) is 17.4. The van der Waals surface area contributed by atoms with Gasteiger partial charge >= 0.3 is 6.18 Å².